The van der Waals surface area contributed by atoms with Gasteiger partial charge < -0.3 is 35.3 Å². The summed E-state index contributed by atoms with van der Waals surface area (Å²) in [5.74, 6) is 0.151. The summed E-state index contributed by atoms with van der Waals surface area (Å²) in [6.45, 7) is 17.0. The quantitative estimate of drug-likeness (QED) is 0.0994. The standard InChI is InChI=1S/C31H43N7O4.C9H9F3O/c1-29(2,3)42-28(41)34-17-30(4,5)31(6,7)27(40)33-12-8-13-37-16-22(24-25(32)35-18-36-26(24)37)20-9-10-23-21(15-20)11-14-38(23)19-39;1-2-7-4-3-5-8(6-7)13-9(10,11)12/h9-10,15-16,18-19H,8,11-14,17H2,1-7H3,(H,33,40)(H,34,41)(H2,32,35,36);3-6H,2H2,1H3. The van der Waals surface area contributed by atoms with Crippen molar-refractivity contribution in [3.05, 3.63) is 66.1 Å². The molecule has 0 spiro atoms. The van der Waals surface area contributed by atoms with Crippen molar-refractivity contribution in [1.29, 1.82) is 0 Å². The second-order valence-electron chi connectivity index (χ2n) is 15.6. The Bertz CT molecular complexity index is 1990. The number of alkyl carbamates (subject to hydrolysis) is 1. The zero-order chi connectivity index (χ0) is 40.8. The van der Waals surface area contributed by atoms with Gasteiger partial charge in [-0.2, -0.15) is 0 Å². The van der Waals surface area contributed by atoms with Crippen molar-refractivity contribution >= 4 is 40.9 Å². The number of nitrogen functional groups attached to an aromatic ring is 1. The number of nitrogens with one attached hydrogen (secondary N) is 2. The lowest BCUT2D eigenvalue weighted by molar-refractivity contribution is -0.274. The van der Waals surface area contributed by atoms with Crippen LogP contribution in [0, 0.1) is 10.8 Å². The summed E-state index contributed by atoms with van der Waals surface area (Å²) in [5, 5.41) is 6.66. The van der Waals surface area contributed by atoms with Gasteiger partial charge in [-0.15, -0.1) is 13.2 Å². The maximum atomic E-state index is 13.3. The average molecular weight is 768 g/mol. The molecule has 0 saturated carbocycles. The molecule has 1 aliphatic rings. The Hall–Kier alpha value is -5.34. The third kappa shape index (κ3) is 10.9. The van der Waals surface area contributed by atoms with Gasteiger partial charge in [-0.3, -0.25) is 9.59 Å². The van der Waals surface area contributed by atoms with Gasteiger partial charge >= 0.3 is 12.5 Å². The Morgan fingerprint density at radius 2 is 1.73 bits per heavy atom. The number of rotatable bonds is 12. The number of ether oxygens (including phenoxy) is 2. The van der Waals surface area contributed by atoms with Crippen LogP contribution in [0.3, 0.4) is 0 Å². The number of amides is 3. The smallest absolute Gasteiger partial charge is 0.444 e. The number of nitrogens with two attached hydrogens (primary N) is 1. The molecule has 15 heteroatoms. The summed E-state index contributed by atoms with van der Waals surface area (Å²) in [6.07, 6.45) is 1.41. The molecule has 4 N–H and O–H groups in total. The third-order valence-corrected chi connectivity index (χ3v) is 9.87. The van der Waals surface area contributed by atoms with E-state index in [2.05, 4.69) is 31.4 Å². The largest absolute Gasteiger partial charge is 0.573 e. The predicted molar refractivity (Wildman–Crippen MR) is 206 cm³/mol. The number of hydrogen-bond acceptors (Lipinski definition) is 8. The van der Waals surface area contributed by atoms with Crippen LogP contribution in [0.5, 0.6) is 5.75 Å². The molecule has 2 aromatic carbocycles. The molecular weight excluding hydrogens is 715 g/mol. The Morgan fingerprint density at radius 3 is 2.38 bits per heavy atom. The van der Waals surface area contributed by atoms with Gasteiger partial charge in [0.05, 0.1) is 10.8 Å². The van der Waals surface area contributed by atoms with E-state index in [1.54, 1.807) is 17.0 Å². The molecule has 0 saturated heterocycles. The predicted octanol–water partition coefficient (Wildman–Crippen LogP) is 7.43. The number of hydrogen-bond donors (Lipinski definition) is 3. The Labute approximate surface area is 320 Å². The molecule has 0 unspecified atom stereocenters. The lowest BCUT2D eigenvalue weighted by Crippen LogP contribution is -2.51. The molecular formula is C40H52F3N7O5. The molecule has 5 rings (SSSR count). The first-order valence-electron chi connectivity index (χ1n) is 18.2. The zero-order valence-corrected chi connectivity index (χ0v) is 32.8. The summed E-state index contributed by atoms with van der Waals surface area (Å²) >= 11 is 0. The SMILES string of the molecule is CC(C)(C)OC(=O)NCC(C)(C)C(C)(C)C(=O)NCCCn1cc(-c2ccc3c(c2)CCN3C=O)c2c(N)ncnc21.CCc1cccc(OC(F)(F)F)c1. The van der Waals surface area contributed by atoms with Crippen molar-refractivity contribution < 1.29 is 37.0 Å². The summed E-state index contributed by atoms with van der Waals surface area (Å²) in [6, 6.07) is 12.0. The van der Waals surface area contributed by atoms with E-state index < -0.39 is 28.9 Å². The molecule has 55 heavy (non-hydrogen) atoms. The third-order valence-electron chi connectivity index (χ3n) is 9.87. The van der Waals surface area contributed by atoms with Gasteiger partial charge in [0.25, 0.3) is 0 Å². The van der Waals surface area contributed by atoms with Crippen LogP contribution in [0.25, 0.3) is 22.2 Å². The van der Waals surface area contributed by atoms with Crippen molar-refractivity contribution in [3.63, 3.8) is 0 Å². The highest BCUT2D eigenvalue weighted by Gasteiger charge is 2.43. The molecule has 3 amide bonds. The van der Waals surface area contributed by atoms with Crippen molar-refractivity contribution in [2.75, 3.05) is 30.3 Å². The monoisotopic (exact) mass is 767 g/mol. The molecule has 0 aliphatic carbocycles. The maximum absolute atomic E-state index is 13.3. The number of fused-ring (bicyclic) bond motifs is 2. The maximum Gasteiger partial charge on any atom is 0.573 e. The lowest BCUT2D eigenvalue weighted by atomic mass is 9.67. The fraction of sp³-hybridized carbons (Fsp3) is 0.475. The summed E-state index contributed by atoms with van der Waals surface area (Å²) < 4.78 is 46.4. The van der Waals surface area contributed by atoms with E-state index in [0.717, 1.165) is 51.8 Å². The van der Waals surface area contributed by atoms with Crippen LogP contribution < -0.4 is 26.0 Å². The molecule has 4 aromatic rings. The molecule has 2 aromatic heterocycles. The zero-order valence-electron chi connectivity index (χ0n) is 32.8. The molecule has 0 atom stereocenters. The number of alkyl halides is 3. The minimum absolute atomic E-state index is 0.0920. The van der Waals surface area contributed by atoms with E-state index in [1.807, 2.05) is 78.3 Å². The average Bonchev–Trinajstić information content (AvgIpc) is 3.69. The Balaban J connectivity index is 0.000000437. The van der Waals surface area contributed by atoms with Crippen LogP contribution >= 0.6 is 0 Å². The van der Waals surface area contributed by atoms with Crippen LogP contribution in [0.15, 0.2) is 55.0 Å². The van der Waals surface area contributed by atoms with E-state index >= 15 is 0 Å². The van der Waals surface area contributed by atoms with Gasteiger partial charge in [-0.05, 0) is 86.4 Å². The van der Waals surface area contributed by atoms with E-state index in [-0.39, 0.29) is 18.2 Å². The van der Waals surface area contributed by atoms with Crippen molar-refractivity contribution in [3.8, 4) is 16.9 Å². The van der Waals surface area contributed by atoms with Gasteiger partial charge in [0.1, 0.15) is 29.1 Å². The first kappa shape index (κ1) is 42.4. The van der Waals surface area contributed by atoms with Crippen LogP contribution in [-0.4, -0.2) is 64.5 Å². The number of aromatic nitrogens is 3. The van der Waals surface area contributed by atoms with Crippen LogP contribution in [0.4, 0.5) is 29.5 Å². The topological polar surface area (TPSA) is 154 Å². The second kappa shape index (κ2) is 17.0. The van der Waals surface area contributed by atoms with Crippen LogP contribution in [-0.2, 0) is 33.7 Å². The Kier molecular flexibility index (Phi) is 13.1. The molecule has 1 aliphatic heterocycles. The minimum Gasteiger partial charge on any atom is -0.444 e. The number of carbonyl (C=O) groups excluding carboxylic acids is 3. The van der Waals surface area contributed by atoms with Gasteiger partial charge in [-0.1, -0.05) is 52.8 Å². The first-order valence-corrected chi connectivity index (χ1v) is 18.2. The minimum atomic E-state index is -4.60. The highest BCUT2D eigenvalue weighted by Crippen LogP contribution is 2.39. The highest BCUT2D eigenvalue weighted by atomic mass is 19.4. The van der Waals surface area contributed by atoms with Gasteiger partial charge in [0.2, 0.25) is 12.3 Å². The van der Waals surface area contributed by atoms with Crippen LogP contribution in [0.1, 0.15) is 72.9 Å². The second-order valence-corrected chi connectivity index (χ2v) is 15.6. The van der Waals surface area contributed by atoms with E-state index in [9.17, 15) is 27.6 Å². The fourth-order valence-electron chi connectivity index (χ4n) is 6.01. The molecule has 12 nitrogen and oxygen atoms in total. The van der Waals surface area contributed by atoms with Crippen LogP contribution in [0.2, 0.25) is 0 Å². The van der Waals surface area contributed by atoms with Gasteiger partial charge in [0.15, 0.2) is 0 Å². The number of benzene rings is 2. The number of aryl methyl sites for hydroxylation is 2. The number of halogens is 3. The number of carbonyl (C=O) groups is 3. The molecule has 3 heterocycles. The summed E-state index contributed by atoms with van der Waals surface area (Å²) in [7, 11) is 0. The number of anilines is 2. The van der Waals surface area contributed by atoms with Gasteiger partial charge in [-0.25, -0.2) is 14.8 Å². The molecule has 0 radical (unpaired) electrons. The number of nitrogens with zero attached hydrogens (tertiary/aromatic N) is 4. The van der Waals surface area contributed by atoms with E-state index in [1.165, 1.54) is 18.5 Å². The molecule has 0 fully saturated rings. The normalized spacial score (nSPS) is 13.1. The first-order chi connectivity index (χ1) is 25.7. The molecule has 298 valence electrons. The van der Waals surface area contributed by atoms with Gasteiger partial charge in [0, 0.05) is 43.6 Å². The Morgan fingerprint density at radius 1 is 1.00 bits per heavy atom. The van der Waals surface area contributed by atoms with Crippen molar-refractivity contribution in [1.82, 2.24) is 25.2 Å². The molecule has 0 bridgehead atoms. The lowest BCUT2D eigenvalue weighted by Gasteiger charge is -2.40. The summed E-state index contributed by atoms with van der Waals surface area (Å²) in [5.41, 5.74) is 9.95. The summed E-state index contributed by atoms with van der Waals surface area (Å²) in [4.78, 5) is 47.2. The van der Waals surface area contributed by atoms with E-state index in [4.69, 9.17) is 10.5 Å². The highest BCUT2D eigenvalue weighted by molar-refractivity contribution is 6.01. The van der Waals surface area contributed by atoms with E-state index in [0.29, 0.717) is 38.3 Å². The van der Waals surface area contributed by atoms with Crippen molar-refractivity contribution in [2.24, 2.45) is 10.8 Å². The fourth-order valence-corrected chi connectivity index (χ4v) is 6.01. The van der Waals surface area contributed by atoms with Crippen molar-refractivity contribution in [2.45, 2.75) is 93.2 Å².